The molecule has 31 heavy (non-hydrogen) atoms. The van der Waals surface area contributed by atoms with Crippen LogP contribution in [-0.4, -0.2) is 25.1 Å². The van der Waals surface area contributed by atoms with Crippen molar-refractivity contribution in [3.05, 3.63) is 59.6 Å². The SMILES string of the molecule is CCC(Nc1nc(NCc2[nH]ncc2C2CCC2)c2cccc(C)c2n1)c1cocn1. The van der Waals surface area contributed by atoms with Crippen LogP contribution in [0.2, 0.25) is 0 Å². The van der Waals surface area contributed by atoms with Gasteiger partial charge in [0.15, 0.2) is 6.39 Å². The van der Waals surface area contributed by atoms with E-state index in [-0.39, 0.29) is 6.04 Å². The van der Waals surface area contributed by atoms with Crippen LogP contribution < -0.4 is 10.6 Å². The van der Waals surface area contributed by atoms with Crippen molar-refractivity contribution in [3.63, 3.8) is 0 Å². The molecule has 0 bridgehead atoms. The van der Waals surface area contributed by atoms with Crippen LogP contribution in [0, 0.1) is 6.92 Å². The van der Waals surface area contributed by atoms with Crippen LogP contribution in [0.1, 0.15) is 67.1 Å². The maximum atomic E-state index is 5.16. The normalized spacial score (nSPS) is 15.0. The molecule has 1 aliphatic carbocycles. The number of aromatic nitrogens is 5. The van der Waals surface area contributed by atoms with Crippen LogP contribution in [0.25, 0.3) is 10.9 Å². The summed E-state index contributed by atoms with van der Waals surface area (Å²) in [7, 11) is 0. The standard InChI is InChI=1S/C23H27N7O/c1-3-18(20-12-31-13-25-20)27-23-28-21-14(2)6-4-9-16(21)22(29-23)24-11-19-17(10-26-30-19)15-7-5-8-15/h4,6,9-10,12-13,15,18H,3,5,7-8,11H2,1-2H3,(H,26,30)(H2,24,27,28,29). The van der Waals surface area contributed by atoms with Gasteiger partial charge in [-0.1, -0.05) is 25.5 Å². The minimum Gasteiger partial charge on any atom is -0.451 e. The molecule has 0 spiro atoms. The number of oxazole rings is 1. The number of H-pyrrole nitrogens is 1. The minimum atomic E-state index is -0.0223. The van der Waals surface area contributed by atoms with Crippen LogP contribution in [0.4, 0.5) is 11.8 Å². The Labute approximate surface area is 180 Å². The molecule has 4 aromatic rings. The van der Waals surface area contributed by atoms with E-state index in [0.29, 0.717) is 18.4 Å². The summed E-state index contributed by atoms with van der Waals surface area (Å²) in [6.45, 7) is 4.81. The Morgan fingerprint density at radius 2 is 2.16 bits per heavy atom. The van der Waals surface area contributed by atoms with Crippen molar-refractivity contribution in [1.82, 2.24) is 25.1 Å². The smallest absolute Gasteiger partial charge is 0.225 e. The van der Waals surface area contributed by atoms with Gasteiger partial charge in [0, 0.05) is 5.39 Å². The van der Waals surface area contributed by atoms with Crippen molar-refractivity contribution in [2.75, 3.05) is 10.6 Å². The Morgan fingerprint density at radius 3 is 2.90 bits per heavy atom. The number of hydrogen-bond donors (Lipinski definition) is 3. The lowest BCUT2D eigenvalue weighted by atomic mass is 9.80. The highest BCUT2D eigenvalue weighted by Crippen LogP contribution is 2.37. The van der Waals surface area contributed by atoms with E-state index in [1.165, 1.54) is 31.2 Å². The Morgan fingerprint density at radius 1 is 1.26 bits per heavy atom. The molecule has 1 aliphatic rings. The Bertz CT molecular complexity index is 1160. The van der Waals surface area contributed by atoms with Gasteiger partial charge in [-0.3, -0.25) is 5.10 Å². The predicted octanol–water partition coefficient (Wildman–Crippen LogP) is 5.09. The summed E-state index contributed by atoms with van der Waals surface area (Å²) in [5.41, 5.74) is 5.34. The molecule has 3 heterocycles. The van der Waals surface area contributed by atoms with E-state index in [0.717, 1.165) is 40.1 Å². The number of aromatic amines is 1. The molecule has 1 unspecified atom stereocenters. The molecule has 3 aromatic heterocycles. The third kappa shape index (κ3) is 3.85. The van der Waals surface area contributed by atoms with Crippen molar-refractivity contribution in [2.45, 2.75) is 58.0 Å². The van der Waals surface area contributed by atoms with Gasteiger partial charge in [0.05, 0.1) is 30.0 Å². The van der Waals surface area contributed by atoms with E-state index in [9.17, 15) is 0 Å². The van der Waals surface area contributed by atoms with Gasteiger partial charge in [-0.25, -0.2) is 9.97 Å². The van der Waals surface area contributed by atoms with Crippen LogP contribution in [0.3, 0.4) is 0 Å². The van der Waals surface area contributed by atoms with Gasteiger partial charge in [0.2, 0.25) is 5.95 Å². The van der Waals surface area contributed by atoms with Crippen LogP contribution in [0.15, 0.2) is 41.5 Å². The molecule has 0 aliphatic heterocycles. The second-order valence-corrected chi connectivity index (χ2v) is 8.17. The zero-order valence-electron chi connectivity index (χ0n) is 17.9. The van der Waals surface area contributed by atoms with Gasteiger partial charge in [-0.05, 0) is 49.3 Å². The highest BCUT2D eigenvalue weighted by atomic mass is 16.3. The van der Waals surface area contributed by atoms with Crippen molar-refractivity contribution in [3.8, 4) is 0 Å². The maximum absolute atomic E-state index is 5.16. The maximum Gasteiger partial charge on any atom is 0.225 e. The zero-order chi connectivity index (χ0) is 21.2. The van der Waals surface area contributed by atoms with Crippen molar-refractivity contribution < 1.29 is 4.42 Å². The third-order valence-corrected chi connectivity index (χ3v) is 6.18. The molecule has 0 radical (unpaired) electrons. The highest BCUT2D eigenvalue weighted by Gasteiger charge is 2.23. The number of para-hydroxylation sites is 1. The second-order valence-electron chi connectivity index (χ2n) is 8.17. The number of fused-ring (bicyclic) bond motifs is 1. The molecule has 0 saturated heterocycles. The van der Waals surface area contributed by atoms with Crippen molar-refractivity contribution in [2.24, 2.45) is 0 Å². The van der Waals surface area contributed by atoms with Crippen molar-refractivity contribution in [1.29, 1.82) is 0 Å². The van der Waals surface area contributed by atoms with Gasteiger partial charge in [-0.15, -0.1) is 0 Å². The Balaban J connectivity index is 1.45. The lowest BCUT2D eigenvalue weighted by molar-refractivity contribution is 0.417. The number of hydrogen-bond acceptors (Lipinski definition) is 7. The molecule has 0 amide bonds. The van der Waals surface area contributed by atoms with Crippen molar-refractivity contribution >= 4 is 22.7 Å². The number of nitrogens with zero attached hydrogens (tertiary/aromatic N) is 4. The number of anilines is 2. The van der Waals surface area contributed by atoms with Crippen LogP contribution in [-0.2, 0) is 6.54 Å². The summed E-state index contributed by atoms with van der Waals surface area (Å²) < 4.78 is 5.16. The molecule has 1 atom stereocenters. The Kier molecular flexibility index (Phi) is 5.28. The summed E-state index contributed by atoms with van der Waals surface area (Å²) in [5.74, 6) is 2.01. The zero-order valence-corrected chi connectivity index (χ0v) is 17.9. The summed E-state index contributed by atoms with van der Waals surface area (Å²) in [5, 5.41) is 15.4. The van der Waals surface area contributed by atoms with Gasteiger partial charge in [-0.2, -0.15) is 10.1 Å². The molecular weight excluding hydrogens is 390 g/mol. The molecule has 1 aromatic carbocycles. The van der Waals surface area contributed by atoms with E-state index in [1.807, 2.05) is 12.3 Å². The van der Waals surface area contributed by atoms with E-state index in [1.54, 1.807) is 6.26 Å². The summed E-state index contributed by atoms with van der Waals surface area (Å²) in [6.07, 6.45) is 9.71. The molecule has 8 heteroatoms. The van der Waals surface area contributed by atoms with Gasteiger partial charge < -0.3 is 15.1 Å². The number of nitrogens with one attached hydrogen (secondary N) is 3. The van der Waals surface area contributed by atoms with Gasteiger partial charge >= 0.3 is 0 Å². The van der Waals surface area contributed by atoms with E-state index >= 15 is 0 Å². The molecule has 160 valence electrons. The largest absolute Gasteiger partial charge is 0.451 e. The van der Waals surface area contributed by atoms with Crippen LogP contribution >= 0.6 is 0 Å². The average Bonchev–Trinajstić information content (AvgIpc) is 3.42. The van der Waals surface area contributed by atoms with E-state index in [4.69, 9.17) is 14.4 Å². The first-order valence-electron chi connectivity index (χ1n) is 10.9. The Hall–Kier alpha value is -3.42. The first-order valence-corrected chi connectivity index (χ1v) is 10.9. The summed E-state index contributed by atoms with van der Waals surface area (Å²) in [4.78, 5) is 13.9. The molecule has 3 N–H and O–H groups in total. The first kappa shape index (κ1) is 19.5. The fraction of sp³-hybridized carbons (Fsp3) is 0.391. The van der Waals surface area contributed by atoms with E-state index < -0.39 is 0 Å². The number of rotatable bonds is 8. The second kappa shape index (κ2) is 8.37. The fourth-order valence-electron chi connectivity index (χ4n) is 4.14. The van der Waals surface area contributed by atoms with E-state index in [2.05, 4.69) is 51.8 Å². The highest BCUT2D eigenvalue weighted by molar-refractivity contribution is 5.92. The topological polar surface area (TPSA) is 105 Å². The lowest BCUT2D eigenvalue weighted by Gasteiger charge is -2.25. The third-order valence-electron chi connectivity index (χ3n) is 6.18. The lowest BCUT2D eigenvalue weighted by Crippen LogP contribution is -2.15. The minimum absolute atomic E-state index is 0.0223. The van der Waals surface area contributed by atoms with Gasteiger partial charge in [0.1, 0.15) is 17.8 Å². The molecule has 1 saturated carbocycles. The molecular formula is C23H27N7O. The molecule has 1 fully saturated rings. The predicted molar refractivity (Wildman–Crippen MR) is 120 cm³/mol. The average molecular weight is 418 g/mol. The quantitative estimate of drug-likeness (QED) is 0.367. The fourth-order valence-corrected chi connectivity index (χ4v) is 4.14. The first-order chi connectivity index (χ1) is 15.2. The van der Waals surface area contributed by atoms with Gasteiger partial charge in [0.25, 0.3) is 0 Å². The molecule has 8 nitrogen and oxygen atoms in total. The monoisotopic (exact) mass is 417 g/mol. The number of benzene rings is 1. The van der Waals surface area contributed by atoms with Crippen LogP contribution in [0.5, 0.6) is 0 Å². The number of aryl methyl sites for hydroxylation is 1. The summed E-state index contributed by atoms with van der Waals surface area (Å²) >= 11 is 0. The molecule has 5 rings (SSSR count). The summed E-state index contributed by atoms with van der Waals surface area (Å²) in [6, 6.07) is 6.15.